The normalized spacial score (nSPS) is 15.6. The lowest BCUT2D eigenvalue weighted by molar-refractivity contribution is 0.219. The lowest BCUT2D eigenvalue weighted by Crippen LogP contribution is -2.32. The highest BCUT2D eigenvalue weighted by molar-refractivity contribution is 8.13. The largest absolute Gasteiger partial charge is 0.324 e. The minimum atomic E-state index is -3.73. The number of urea groups is 1. The van der Waals surface area contributed by atoms with Crippen LogP contribution in [0.25, 0.3) is 0 Å². The summed E-state index contributed by atoms with van der Waals surface area (Å²) >= 11 is 0. The second-order valence-corrected chi connectivity index (χ2v) is 7.98. The standard InChI is InChI=1S/C15H21ClN2O3S/c1-2-3-4-5-10-17-11-12-18(15(17)19)13-6-8-14(9-7-13)22(16,20)21/h6-9H,2-5,10-12H2,1H3. The number of anilines is 1. The topological polar surface area (TPSA) is 57.7 Å². The summed E-state index contributed by atoms with van der Waals surface area (Å²) in [4.78, 5) is 15.9. The fourth-order valence-electron chi connectivity index (χ4n) is 2.55. The molecule has 1 heterocycles. The minimum absolute atomic E-state index is 0.0158. The second kappa shape index (κ2) is 7.33. The van der Waals surface area contributed by atoms with Crippen LogP contribution in [0.15, 0.2) is 29.2 Å². The lowest BCUT2D eigenvalue weighted by atomic mass is 10.2. The van der Waals surface area contributed by atoms with Gasteiger partial charge in [0.1, 0.15) is 0 Å². The van der Waals surface area contributed by atoms with Gasteiger partial charge in [0.25, 0.3) is 9.05 Å². The molecule has 7 heteroatoms. The summed E-state index contributed by atoms with van der Waals surface area (Å²) in [6.45, 7) is 4.27. The third-order valence-electron chi connectivity index (χ3n) is 3.81. The zero-order chi connectivity index (χ0) is 16.2. The first-order valence-electron chi connectivity index (χ1n) is 7.54. The van der Waals surface area contributed by atoms with Gasteiger partial charge in [-0.15, -0.1) is 0 Å². The van der Waals surface area contributed by atoms with Crippen molar-refractivity contribution in [1.29, 1.82) is 0 Å². The SMILES string of the molecule is CCCCCCN1CCN(c2ccc(S(=O)(=O)Cl)cc2)C1=O. The number of benzene rings is 1. The van der Waals surface area contributed by atoms with Crippen LogP contribution >= 0.6 is 10.7 Å². The number of carbonyl (C=O) groups excluding carboxylic acids is 1. The Morgan fingerprint density at radius 2 is 1.77 bits per heavy atom. The number of carbonyl (C=O) groups is 1. The average molecular weight is 345 g/mol. The Morgan fingerprint density at radius 1 is 1.09 bits per heavy atom. The number of unbranched alkanes of at least 4 members (excludes halogenated alkanes) is 3. The lowest BCUT2D eigenvalue weighted by Gasteiger charge is -2.18. The van der Waals surface area contributed by atoms with E-state index in [1.165, 1.54) is 25.0 Å². The summed E-state index contributed by atoms with van der Waals surface area (Å²) < 4.78 is 22.5. The molecule has 0 spiro atoms. The molecule has 22 heavy (non-hydrogen) atoms. The van der Waals surface area contributed by atoms with E-state index in [0.717, 1.165) is 19.4 Å². The van der Waals surface area contributed by atoms with Gasteiger partial charge in [-0.3, -0.25) is 4.90 Å². The van der Waals surface area contributed by atoms with Crippen LogP contribution in [0.2, 0.25) is 0 Å². The smallest absolute Gasteiger partial charge is 0.323 e. The maximum atomic E-state index is 12.4. The molecule has 0 atom stereocenters. The van der Waals surface area contributed by atoms with Crippen LogP contribution in [0, 0.1) is 0 Å². The van der Waals surface area contributed by atoms with Crippen molar-refractivity contribution in [2.24, 2.45) is 0 Å². The van der Waals surface area contributed by atoms with Crippen LogP contribution in [0.3, 0.4) is 0 Å². The summed E-state index contributed by atoms with van der Waals surface area (Å²) in [6.07, 6.45) is 4.54. The van der Waals surface area contributed by atoms with Gasteiger partial charge in [-0.05, 0) is 30.7 Å². The third kappa shape index (κ3) is 4.14. The molecule has 0 N–H and O–H groups in total. The van der Waals surface area contributed by atoms with Gasteiger partial charge in [0.15, 0.2) is 0 Å². The molecule has 122 valence electrons. The minimum Gasteiger partial charge on any atom is -0.323 e. The highest BCUT2D eigenvalue weighted by atomic mass is 35.7. The predicted octanol–water partition coefficient (Wildman–Crippen LogP) is 3.44. The molecule has 0 aromatic heterocycles. The van der Waals surface area contributed by atoms with Crippen molar-refractivity contribution in [1.82, 2.24) is 4.90 Å². The van der Waals surface area contributed by atoms with E-state index in [2.05, 4.69) is 6.92 Å². The van der Waals surface area contributed by atoms with Gasteiger partial charge < -0.3 is 4.90 Å². The van der Waals surface area contributed by atoms with Gasteiger partial charge in [0.2, 0.25) is 0 Å². The third-order valence-corrected chi connectivity index (χ3v) is 5.18. The Labute approximate surface area is 136 Å². The number of nitrogens with zero attached hydrogens (tertiary/aromatic N) is 2. The molecule has 0 unspecified atom stereocenters. The van der Waals surface area contributed by atoms with E-state index in [1.54, 1.807) is 17.0 Å². The Kier molecular flexibility index (Phi) is 5.69. The van der Waals surface area contributed by atoms with Crippen molar-refractivity contribution in [2.75, 3.05) is 24.5 Å². The highest BCUT2D eigenvalue weighted by Crippen LogP contribution is 2.24. The van der Waals surface area contributed by atoms with E-state index in [0.29, 0.717) is 18.8 Å². The molecule has 1 fully saturated rings. The van der Waals surface area contributed by atoms with E-state index < -0.39 is 9.05 Å². The van der Waals surface area contributed by atoms with E-state index >= 15 is 0 Å². The summed E-state index contributed by atoms with van der Waals surface area (Å²) in [5.41, 5.74) is 0.699. The molecule has 2 amide bonds. The van der Waals surface area contributed by atoms with Crippen molar-refractivity contribution in [3.63, 3.8) is 0 Å². The first-order valence-corrected chi connectivity index (χ1v) is 9.85. The molecular weight excluding hydrogens is 324 g/mol. The number of halogens is 1. The van der Waals surface area contributed by atoms with Gasteiger partial charge in [-0.2, -0.15) is 0 Å². The van der Waals surface area contributed by atoms with Crippen LogP contribution in [0.1, 0.15) is 32.6 Å². The fourth-order valence-corrected chi connectivity index (χ4v) is 3.32. The molecule has 0 saturated carbocycles. The van der Waals surface area contributed by atoms with E-state index in [4.69, 9.17) is 10.7 Å². The van der Waals surface area contributed by atoms with Crippen LogP contribution in [-0.2, 0) is 9.05 Å². The van der Waals surface area contributed by atoms with Crippen molar-refractivity contribution in [2.45, 2.75) is 37.5 Å². The van der Waals surface area contributed by atoms with Gasteiger partial charge in [0.05, 0.1) is 4.90 Å². The molecule has 1 aliphatic heterocycles. The quantitative estimate of drug-likeness (QED) is 0.562. The second-order valence-electron chi connectivity index (χ2n) is 5.41. The van der Waals surface area contributed by atoms with Gasteiger partial charge >= 0.3 is 6.03 Å². The molecule has 5 nitrogen and oxygen atoms in total. The number of rotatable bonds is 7. The van der Waals surface area contributed by atoms with E-state index in [-0.39, 0.29) is 10.9 Å². The maximum Gasteiger partial charge on any atom is 0.324 e. The number of hydrogen-bond donors (Lipinski definition) is 0. The predicted molar refractivity (Wildman–Crippen MR) is 87.9 cm³/mol. The Morgan fingerprint density at radius 3 is 2.36 bits per heavy atom. The van der Waals surface area contributed by atoms with Gasteiger partial charge in [-0.1, -0.05) is 26.2 Å². The Bertz CT molecular complexity index is 616. The molecule has 1 saturated heterocycles. The van der Waals surface area contributed by atoms with E-state index in [1.807, 2.05) is 4.90 Å². The highest BCUT2D eigenvalue weighted by Gasteiger charge is 2.29. The van der Waals surface area contributed by atoms with Gasteiger partial charge in [-0.25, -0.2) is 13.2 Å². The maximum absolute atomic E-state index is 12.4. The molecule has 0 bridgehead atoms. The summed E-state index contributed by atoms with van der Waals surface area (Å²) in [5.74, 6) is 0. The molecule has 0 radical (unpaired) electrons. The molecular formula is C15H21ClN2O3S. The van der Waals surface area contributed by atoms with Crippen molar-refractivity contribution < 1.29 is 13.2 Å². The van der Waals surface area contributed by atoms with Crippen molar-refractivity contribution in [3.8, 4) is 0 Å². The van der Waals surface area contributed by atoms with Crippen LogP contribution in [0.4, 0.5) is 10.5 Å². The molecule has 0 aliphatic carbocycles. The molecule has 1 aromatic carbocycles. The molecule has 1 aliphatic rings. The van der Waals surface area contributed by atoms with Crippen molar-refractivity contribution in [3.05, 3.63) is 24.3 Å². The summed E-state index contributed by atoms with van der Waals surface area (Å²) in [7, 11) is 1.56. The van der Waals surface area contributed by atoms with Gasteiger partial charge in [0, 0.05) is 36.0 Å². The van der Waals surface area contributed by atoms with Crippen LogP contribution < -0.4 is 4.90 Å². The average Bonchev–Trinajstić information content (AvgIpc) is 2.84. The van der Waals surface area contributed by atoms with Crippen LogP contribution in [-0.4, -0.2) is 39.0 Å². The van der Waals surface area contributed by atoms with Crippen LogP contribution in [0.5, 0.6) is 0 Å². The molecule has 1 aromatic rings. The Hall–Kier alpha value is -1.27. The van der Waals surface area contributed by atoms with E-state index in [9.17, 15) is 13.2 Å². The first kappa shape index (κ1) is 17.1. The summed E-state index contributed by atoms with van der Waals surface area (Å²) in [5, 5.41) is 0. The fraction of sp³-hybridized carbons (Fsp3) is 0.533. The molecule has 2 rings (SSSR count). The number of amides is 2. The van der Waals surface area contributed by atoms with Crippen molar-refractivity contribution >= 4 is 31.5 Å². The zero-order valence-corrected chi connectivity index (χ0v) is 14.2. The monoisotopic (exact) mass is 344 g/mol. The Balaban J connectivity index is 1.98. The zero-order valence-electron chi connectivity index (χ0n) is 12.7. The summed E-state index contributed by atoms with van der Waals surface area (Å²) in [6, 6.07) is 6.07. The number of hydrogen-bond acceptors (Lipinski definition) is 3. The first-order chi connectivity index (χ1) is 10.4.